The van der Waals surface area contributed by atoms with Crippen molar-refractivity contribution in [2.45, 2.75) is 19.8 Å². The number of allylic oxidation sites excluding steroid dienone is 2. The Hall–Kier alpha value is -3.18. The predicted octanol–water partition coefficient (Wildman–Crippen LogP) is 4.82. The molecule has 0 radical (unpaired) electrons. The van der Waals surface area contributed by atoms with Gasteiger partial charge in [-0.2, -0.15) is 0 Å². The van der Waals surface area contributed by atoms with Gasteiger partial charge in [0.15, 0.2) is 11.6 Å². The Bertz CT molecular complexity index is 854. The van der Waals surface area contributed by atoms with Gasteiger partial charge in [-0.15, -0.1) is 0 Å². The van der Waals surface area contributed by atoms with Crippen LogP contribution in [0.15, 0.2) is 60.7 Å². The monoisotopic (exact) mass is 436 g/mol. The standard InChI is InChI=1S/C27H34NO4/c1-5-28(2,20-18-24(29)12-6-22-8-14-26(31-3)15-9-22)21-19-25(30)13-7-23-10-16-27(32-4)17-11-23/h6-17H,5,18-21H2,1-4H3/q+1. The highest BCUT2D eigenvalue weighted by molar-refractivity contribution is 5.94. The van der Waals surface area contributed by atoms with E-state index in [1.165, 1.54) is 0 Å². The minimum atomic E-state index is 0.0874. The normalized spacial score (nSPS) is 13.2. The zero-order valence-corrected chi connectivity index (χ0v) is 19.5. The highest BCUT2D eigenvalue weighted by atomic mass is 16.5. The van der Waals surface area contributed by atoms with Crippen LogP contribution in [-0.4, -0.2) is 57.0 Å². The van der Waals surface area contributed by atoms with E-state index >= 15 is 0 Å². The number of ketones is 2. The summed E-state index contributed by atoms with van der Waals surface area (Å²) in [6.45, 7) is 4.37. The lowest BCUT2D eigenvalue weighted by atomic mass is 10.1. The smallest absolute Gasteiger partial charge is 0.161 e. The fraction of sp³-hybridized carbons (Fsp3) is 0.333. The first kappa shape index (κ1) is 25.1. The number of carbonyl (C=O) groups excluding carboxylic acids is 2. The number of benzene rings is 2. The summed E-state index contributed by atoms with van der Waals surface area (Å²) in [6.07, 6.45) is 7.81. The number of ether oxygens (including phenoxy) is 2. The molecule has 0 aliphatic heterocycles. The van der Waals surface area contributed by atoms with E-state index in [2.05, 4.69) is 14.0 Å². The molecule has 0 N–H and O–H groups in total. The van der Waals surface area contributed by atoms with Gasteiger partial charge in [0, 0.05) is 0 Å². The molecule has 0 saturated heterocycles. The molecule has 0 unspecified atom stereocenters. The molecule has 0 saturated carbocycles. The molecule has 32 heavy (non-hydrogen) atoms. The molecule has 2 aromatic rings. The molecule has 0 spiro atoms. The van der Waals surface area contributed by atoms with Gasteiger partial charge in [0.25, 0.3) is 0 Å². The third-order valence-corrected chi connectivity index (χ3v) is 5.71. The summed E-state index contributed by atoms with van der Waals surface area (Å²) in [6, 6.07) is 15.1. The van der Waals surface area contributed by atoms with Crippen molar-refractivity contribution < 1.29 is 23.5 Å². The summed E-state index contributed by atoms with van der Waals surface area (Å²) in [7, 11) is 5.35. The SMILES string of the molecule is CC[N+](C)(CCC(=O)C=Cc1ccc(OC)cc1)CCC(=O)C=Cc1ccc(OC)cc1. The molecular weight excluding hydrogens is 402 g/mol. The van der Waals surface area contributed by atoms with E-state index in [9.17, 15) is 9.59 Å². The summed E-state index contributed by atoms with van der Waals surface area (Å²) in [5.41, 5.74) is 1.92. The Balaban J connectivity index is 1.81. The third-order valence-electron chi connectivity index (χ3n) is 5.71. The second kappa shape index (κ2) is 12.6. The predicted molar refractivity (Wildman–Crippen MR) is 130 cm³/mol. The first-order valence-electron chi connectivity index (χ1n) is 10.9. The van der Waals surface area contributed by atoms with E-state index in [-0.39, 0.29) is 11.6 Å². The van der Waals surface area contributed by atoms with Crippen LogP contribution < -0.4 is 9.47 Å². The maximum atomic E-state index is 12.3. The fourth-order valence-corrected chi connectivity index (χ4v) is 3.16. The molecule has 0 bridgehead atoms. The lowest BCUT2D eigenvalue weighted by Crippen LogP contribution is -2.46. The highest BCUT2D eigenvalue weighted by Crippen LogP contribution is 2.14. The van der Waals surface area contributed by atoms with Gasteiger partial charge in [0.05, 0.1) is 53.7 Å². The summed E-state index contributed by atoms with van der Waals surface area (Å²) in [5, 5.41) is 0. The van der Waals surface area contributed by atoms with Crippen LogP contribution in [0.1, 0.15) is 30.9 Å². The van der Waals surface area contributed by atoms with Gasteiger partial charge in [0.2, 0.25) is 0 Å². The Morgan fingerprint density at radius 1 is 0.750 bits per heavy atom. The molecule has 0 aliphatic carbocycles. The largest absolute Gasteiger partial charge is 0.497 e. The van der Waals surface area contributed by atoms with E-state index in [0.717, 1.165) is 29.2 Å². The summed E-state index contributed by atoms with van der Waals surface area (Å²) < 4.78 is 11.0. The van der Waals surface area contributed by atoms with E-state index in [4.69, 9.17) is 9.47 Å². The van der Waals surface area contributed by atoms with Gasteiger partial charge in [0.1, 0.15) is 11.5 Å². The molecule has 0 fully saturated rings. The van der Waals surface area contributed by atoms with Gasteiger partial charge in [-0.1, -0.05) is 36.4 Å². The van der Waals surface area contributed by atoms with Crippen LogP contribution in [0.3, 0.4) is 0 Å². The van der Waals surface area contributed by atoms with E-state index in [1.807, 2.05) is 60.7 Å². The van der Waals surface area contributed by atoms with Gasteiger partial charge in [-0.05, 0) is 54.5 Å². The average molecular weight is 437 g/mol. The molecular formula is C27H34NO4+. The minimum absolute atomic E-state index is 0.0874. The van der Waals surface area contributed by atoms with E-state index in [1.54, 1.807) is 26.4 Å². The van der Waals surface area contributed by atoms with E-state index < -0.39 is 0 Å². The molecule has 0 heterocycles. The number of carbonyl (C=O) groups is 2. The highest BCUT2D eigenvalue weighted by Gasteiger charge is 2.21. The maximum Gasteiger partial charge on any atom is 0.161 e. The first-order valence-corrected chi connectivity index (χ1v) is 10.9. The Morgan fingerprint density at radius 3 is 1.44 bits per heavy atom. The summed E-state index contributed by atoms with van der Waals surface area (Å²) >= 11 is 0. The third kappa shape index (κ3) is 8.52. The van der Waals surface area contributed by atoms with Crippen molar-refractivity contribution in [2.24, 2.45) is 0 Å². The number of nitrogens with zero attached hydrogens (tertiary/aromatic N) is 1. The number of methoxy groups -OCH3 is 2. The molecule has 5 heteroatoms. The van der Waals surface area contributed by atoms with Crippen molar-refractivity contribution in [1.29, 1.82) is 0 Å². The zero-order chi connectivity index (χ0) is 23.4. The van der Waals surface area contributed by atoms with Crippen LogP contribution in [0, 0.1) is 0 Å². The van der Waals surface area contributed by atoms with Crippen LogP contribution >= 0.6 is 0 Å². The Labute approximate surface area is 191 Å². The second-order valence-corrected chi connectivity index (χ2v) is 8.03. The van der Waals surface area contributed by atoms with Crippen molar-refractivity contribution >= 4 is 23.7 Å². The van der Waals surface area contributed by atoms with Crippen LogP contribution in [0.5, 0.6) is 11.5 Å². The molecule has 0 amide bonds. The molecule has 2 rings (SSSR count). The quantitative estimate of drug-likeness (QED) is 0.334. The van der Waals surface area contributed by atoms with Crippen molar-refractivity contribution in [3.05, 3.63) is 71.8 Å². The molecule has 0 aromatic heterocycles. The molecule has 0 atom stereocenters. The van der Waals surface area contributed by atoms with Gasteiger partial charge in [-0.25, -0.2) is 0 Å². The number of quaternary nitrogens is 1. The molecule has 0 aliphatic rings. The number of rotatable bonds is 13. The Morgan fingerprint density at radius 2 is 1.12 bits per heavy atom. The Kier molecular flexibility index (Phi) is 9.89. The summed E-state index contributed by atoms with van der Waals surface area (Å²) in [5.74, 6) is 1.75. The van der Waals surface area contributed by atoms with Crippen LogP contribution in [0.4, 0.5) is 0 Å². The molecule has 5 nitrogen and oxygen atoms in total. The lowest BCUT2D eigenvalue weighted by molar-refractivity contribution is -0.906. The van der Waals surface area contributed by atoms with Crippen LogP contribution in [0.2, 0.25) is 0 Å². The van der Waals surface area contributed by atoms with Gasteiger partial charge in [-0.3, -0.25) is 9.59 Å². The van der Waals surface area contributed by atoms with Crippen LogP contribution in [0.25, 0.3) is 12.2 Å². The lowest BCUT2D eigenvalue weighted by Gasteiger charge is -2.32. The van der Waals surface area contributed by atoms with Crippen molar-refractivity contribution in [1.82, 2.24) is 0 Å². The fourth-order valence-electron chi connectivity index (χ4n) is 3.16. The average Bonchev–Trinajstić information content (AvgIpc) is 2.84. The summed E-state index contributed by atoms with van der Waals surface area (Å²) in [4.78, 5) is 24.7. The number of hydrogen-bond donors (Lipinski definition) is 0. The first-order chi connectivity index (χ1) is 15.4. The number of hydrogen-bond acceptors (Lipinski definition) is 4. The zero-order valence-electron chi connectivity index (χ0n) is 19.5. The van der Waals surface area contributed by atoms with E-state index in [0.29, 0.717) is 30.4 Å². The van der Waals surface area contributed by atoms with Gasteiger partial charge >= 0.3 is 0 Å². The second-order valence-electron chi connectivity index (χ2n) is 8.03. The topological polar surface area (TPSA) is 52.6 Å². The van der Waals surface area contributed by atoms with Gasteiger partial charge < -0.3 is 14.0 Å². The van der Waals surface area contributed by atoms with Crippen LogP contribution in [-0.2, 0) is 9.59 Å². The van der Waals surface area contributed by atoms with Crippen molar-refractivity contribution in [3.63, 3.8) is 0 Å². The maximum absolute atomic E-state index is 12.3. The van der Waals surface area contributed by atoms with Crippen molar-refractivity contribution in [2.75, 3.05) is 40.9 Å². The minimum Gasteiger partial charge on any atom is -0.497 e. The van der Waals surface area contributed by atoms with Crippen molar-refractivity contribution in [3.8, 4) is 11.5 Å². The molecule has 2 aromatic carbocycles. The molecule has 170 valence electrons.